The molecule has 1 heterocycles. The lowest BCUT2D eigenvalue weighted by molar-refractivity contribution is -0.137. The Balaban J connectivity index is 2.11. The molecule has 0 aromatic heterocycles. The number of halogens is 1. The van der Waals surface area contributed by atoms with Crippen molar-refractivity contribution in [1.29, 1.82) is 0 Å². The molecule has 0 saturated heterocycles. The zero-order valence-electron chi connectivity index (χ0n) is 9.11. The fourth-order valence-corrected chi connectivity index (χ4v) is 2.23. The van der Waals surface area contributed by atoms with Crippen LogP contribution in [0.15, 0.2) is 18.2 Å². The van der Waals surface area contributed by atoms with Gasteiger partial charge in [0, 0.05) is 25.2 Å². The third-order valence-electron chi connectivity index (χ3n) is 3.12. The lowest BCUT2D eigenvalue weighted by atomic mass is 10.1. The van der Waals surface area contributed by atoms with Gasteiger partial charge in [-0.1, -0.05) is 0 Å². The molecular formula is C12H14FNO2. The number of aliphatic carboxylic acids is 1. The second-order valence-electron chi connectivity index (χ2n) is 4.17. The van der Waals surface area contributed by atoms with Crippen molar-refractivity contribution in [2.45, 2.75) is 25.3 Å². The van der Waals surface area contributed by atoms with E-state index in [1.807, 2.05) is 11.9 Å². The van der Waals surface area contributed by atoms with E-state index in [-0.39, 0.29) is 18.3 Å². The smallest absolute Gasteiger partial charge is 0.303 e. The van der Waals surface area contributed by atoms with Crippen LogP contribution >= 0.6 is 0 Å². The number of carboxylic acid groups (broad SMARTS) is 1. The highest BCUT2D eigenvalue weighted by Crippen LogP contribution is 2.32. The number of likely N-dealkylation sites (N-methyl/N-ethyl adjacent to an activating group) is 1. The molecule has 86 valence electrons. The van der Waals surface area contributed by atoms with Crippen LogP contribution in [0.2, 0.25) is 0 Å². The standard InChI is InChI=1S/C12H14FNO2/c1-14-10(3-5-12(15)16)7-8-6-9(13)2-4-11(8)14/h2,4,6,10H,3,5,7H2,1H3,(H,15,16). The average Bonchev–Trinajstić information content (AvgIpc) is 2.52. The van der Waals surface area contributed by atoms with Crippen LogP contribution in [0.5, 0.6) is 0 Å². The fraction of sp³-hybridized carbons (Fsp3) is 0.417. The molecule has 0 bridgehead atoms. The van der Waals surface area contributed by atoms with Crippen LogP contribution in [-0.2, 0) is 11.2 Å². The number of hydrogen-bond acceptors (Lipinski definition) is 2. The van der Waals surface area contributed by atoms with Crippen LogP contribution in [0.25, 0.3) is 0 Å². The van der Waals surface area contributed by atoms with Crippen LogP contribution < -0.4 is 4.90 Å². The molecule has 1 aromatic carbocycles. The molecule has 2 rings (SSSR count). The Morgan fingerprint density at radius 2 is 2.38 bits per heavy atom. The van der Waals surface area contributed by atoms with Gasteiger partial charge in [-0.15, -0.1) is 0 Å². The maximum atomic E-state index is 13.0. The molecule has 0 radical (unpaired) electrons. The van der Waals surface area contributed by atoms with Crippen molar-refractivity contribution in [1.82, 2.24) is 0 Å². The Kier molecular flexibility index (Phi) is 2.81. The summed E-state index contributed by atoms with van der Waals surface area (Å²) in [4.78, 5) is 12.6. The summed E-state index contributed by atoms with van der Waals surface area (Å²) in [6.07, 6.45) is 1.49. The van der Waals surface area contributed by atoms with E-state index in [1.165, 1.54) is 12.1 Å². The minimum atomic E-state index is -0.782. The predicted molar refractivity (Wildman–Crippen MR) is 59.2 cm³/mol. The molecular weight excluding hydrogens is 209 g/mol. The molecule has 1 aliphatic heterocycles. The van der Waals surface area contributed by atoms with Gasteiger partial charge in [-0.2, -0.15) is 0 Å². The van der Waals surface area contributed by atoms with Gasteiger partial charge < -0.3 is 10.0 Å². The van der Waals surface area contributed by atoms with E-state index < -0.39 is 5.97 Å². The Bertz CT molecular complexity index is 419. The minimum absolute atomic E-state index is 0.158. The molecule has 0 spiro atoms. The molecule has 0 saturated carbocycles. The van der Waals surface area contributed by atoms with Crippen LogP contribution in [0.1, 0.15) is 18.4 Å². The number of fused-ring (bicyclic) bond motifs is 1. The topological polar surface area (TPSA) is 40.5 Å². The van der Waals surface area contributed by atoms with E-state index in [9.17, 15) is 9.18 Å². The van der Waals surface area contributed by atoms with E-state index in [2.05, 4.69) is 0 Å². The predicted octanol–water partition coefficient (Wildman–Crippen LogP) is 2.05. The zero-order valence-corrected chi connectivity index (χ0v) is 9.11. The Hall–Kier alpha value is -1.58. The Morgan fingerprint density at radius 1 is 1.62 bits per heavy atom. The summed E-state index contributed by atoms with van der Waals surface area (Å²) in [5.74, 6) is -1.01. The maximum Gasteiger partial charge on any atom is 0.303 e. The van der Waals surface area contributed by atoms with Crippen LogP contribution in [0, 0.1) is 5.82 Å². The molecule has 0 amide bonds. The van der Waals surface area contributed by atoms with Crippen molar-refractivity contribution < 1.29 is 14.3 Å². The highest BCUT2D eigenvalue weighted by Gasteiger charge is 2.26. The van der Waals surface area contributed by atoms with Crippen LogP contribution in [-0.4, -0.2) is 24.2 Å². The first kappa shape index (κ1) is 10.9. The van der Waals surface area contributed by atoms with E-state index in [0.717, 1.165) is 17.7 Å². The number of carboxylic acids is 1. The van der Waals surface area contributed by atoms with Crippen molar-refractivity contribution in [3.63, 3.8) is 0 Å². The Morgan fingerprint density at radius 3 is 3.06 bits per heavy atom. The quantitative estimate of drug-likeness (QED) is 0.852. The summed E-state index contributed by atoms with van der Waals surface area (Å²) in [6.45, 7) is 0. The number of carbonyl (C=O) groups is 1. The van der Waals surface area contributed by atoms with Gasteiger partial charge in [-0.3, -0.25) is 4.79 Å². The van der Waals surface area contributed by atoms with Gasteiger partial charge in [-0.25, -0.2) is 4.39 Å². The van der Waals surface area contributed by atoms with E-state index in [1.54, 1.807) is 6.07 Å². The van der Waals surface area contributed by atoms with E-state index in [0.29, 0.717) is 6.42 Å². The van der Waals surface area contributed by atoms with Crippen molar-refractivity contribution in [2.75, 3.05) is 11.9 Å². The lowest BCUT2D eigenvalue weighted by Crippen LogP contribution is -2.28. The molecule has 4 heteroatoms. The van der Waals surface area contributed by atoms with Crippen molar-refractivity contribution in [3.05, 3.63) is 29.6 Å². The van der Waals surface area contributed by atoms with Gasteiger partial charge in [0.15, 0.2) is 0 Å². The Labute approximate surface area is 93.5 Å². The number of rotatable bonds is 3. The second-order valence-corrected chi connectivity index (χ2v) is 4.17. The molecule has 0 fully saturated rings. The first-order valence-electron chi connectivity index (χ1n) is 5.31. The number of nitrogens with zero attached hydrogens (tertiary/aromatic N) is 1. The third kappa shape index (κ3) is 2.01. The van der Waals surface area contributed by atoms with Gasteiger partial charge in [0.25, 0.3) is 0 Å². The van der Waals surface area contributed by atoms with Crippen molar-refractivity contribution >= 4 is 11.7 Å². The van der Waals surface area contributed by atoms with Gasteiger partial charge in [0.2, 0.25) is 0 Å². The summed E-state index contributed by atoms with van der Waals surface area (Å²) in [5, 5.41) is 8.64. The monoisotopic (exact) mass is 223 g/mol. The summed E-state index contributed by atoms with van der Waals surface area (Å²) in [5.41, 5.74) is 1.98. The lowest BCUT2D eigenvalue weighted by Gasteiger charge is -2.21. The fourth-order valence-electron chi connectivity index (χ4n) is 2.23. The molecule has 1 N–H and O–H groups in total. The summed E-state index contributed by atoms with van der Waals surface area (Å²) < 4.78 is 13.0. The number of hydrogen-bond donors (Lipinski definition) is 1. The largest absolute Gasteiger partial charge is 0.481 e. The average molecular weight is 223 g/mol. The van der Waals surface area contributed by atoms with Gasteiger partial charge >= 0.3 is 5.97 Å². The summed E-state index contributed by atoms with van der Waals surface area (Å²) in [6, 6.07) is 4.90. The molecule has 16 heavy (non-hydrogen) atoms. The molecule has 1 aliphatic rings. The third-order valence-corrected chi connectivity index (χ3v) is 3.12. The van der Waals surface area contributed by atoms with Crippen molar-refractivity contribution in [2.24, 2.45) is 0 Å². The normalized spacial score (nSPS) is 18.6. The molecule has 3 nitrogen and oxygen atoms in total. The highest BCUT2D eigenvalue weighted by molar-refractivity contribution is 5.67. The van der Waals surface area contributed by atoms with E-state index >= 15 is 0 Å². The number of anilines is 1. The highest BCUT2D eigenvalue weighted by atomic mass is 19.1. The van der Waals surface area contributed by atoms with Gasteiger partial charge in [0.1, 0.15) is 5.82 Å². The summed E-state index contributed by atoms with van der Waals surface area (Å²) in [7, 11) is 1.93. The maximum absolute atomic E-state index is 13.0. The first-order chi connectivity index (χ1) is 7.58. The number of benzene rings is 1. The summed E-state index contributed by atoms with van der Waals surface area (Å²) >= 11 is 0. The molecule has 1 atom stereocenters. The van der Waals surface area contributed by atoms with Crippen LogP contribution in [0.4, 0.5) is 10.1 Å². The van der Waals surface area contributed by atoms with Gasteiger partial charge in [-0.05, 0) is 36.6 Å². The zero-order chi connectivity index (χ0) is 11.7. The molecule has 0 aliphatic carbocycles. The molecule has 1 unspecified atom stereocenters. The van der Waals surface area contributed by atoms with Gasteiger partial charge in [0.05, 0.1) is 0 Å². The molecule has 1 aromatic rings. The first-order valence-corrected chi connectivity index (χ1v) is 5.31. The minimum Gasteiger partial charge on any atom is -0.481 e. The van der Waals surface area contributed by atoms with E-state index in [4.69, 9.17) is 5.11 Å². The SMILES string of the molecule is CN1c2ccc(F)cc2CC1CCC(=O)O. The van der Waals surface area contributed by atoms with Crippen LogP contribution in [0.3, 0.4) is 0 Å². The van der Waals surface area contributed by atoms with Crippen molar-refractivity contribution in [3.8, 4) is 0 Å². The second kappa shape index (κ2) is 4.12.